The Morgan fingerprint density at radius 1 is 1.28 bits per heavy atom. The zero-order valence-corrected chi connectivity index (χ0v) is 14.9. The summed E-state index contributed by atoms with van der Waals surface area (Å²) in [7, 11) is 1.68. The molecule has 0 aliphatic rings. The molecule has 0 bridgehead atoms. The van der Waals surface area contributed by atoms with E-state index in [0.29, 0.717) is 16.8 Å². The third kappa shape index (κ3) is 2.82. The first kappa shape index (κ1) is 16.9. The molecule has 25 heavy (non-hydrogen) atoms. The van der Waals surface area contributed by atoms with Crippen LogP contribution in [0.15, 0.2) is 33.6 Å². The second-order valence-electron chi connectivity index (χ2n) is 6.21. The highest BCUT2D eigenvalue weighted by Crippen LogP contribution is 2.20. The summed E-state index contributed by atoms with van der Waals surface area (Å²) in [6, 6.07) is 6.84. The summed E-state index contributed by atoms with van der Waals surface area (Å²) >= 11 is 0. The highest BCUT2D eigenvalue weighted by Gasteiger charge is 2.25. The van der Waals surface area contributed by atoms with Crippen LogP contribution in [0.5, 0.6) is 0 Å². The first-order valence-electron chi connectivity index (χ1n) is 8.01. The van der Waals surface area contributed by atoms with Gasteiger partial charge >= 0.3 is 0 Å². The maximum atomic E-state index is 12.8. The van der Waals surface area contributed by atoms with E-state index < -0.39 is 11.6 Å². The molecule has 0 saturated carbocycles. The highest BCUT2D eigenvalue weighted by molar-refractivity contribution is 5.95. The van der Waals surface area contributed by atoms with Crippen LogP contribution in [0.4, 0.5) is 5.69 Å². The zero-order valence-electron chi connectivity index (χ0n) is 14.9. The molecule has 2 aromatic heterocycles. The molecule has 0 fully saturated rings. The van der Waals surface area contributed by atoms with Crippen molar-refractivity contribution in [3.63, 3.8) is 0 Å². The number of nitrogens with zero attached hydrogens (tertiary/aromatic N) is 4. The minimum Gasteiger partial charge on any atom is -0.360 e. The summed E-state index contributed by atoms with van der Waals surface area (Å²) in [5, 5.41) is 8.73. The van der Waals surface area contributed by atoms with E-state index in [-0.39, 0.29) is 11.4 Å². The van der Waals surface area contributed by atoms with Crippen molar-refractivity contribution in [3.8, 4) is 0 Å². The molecular weight excluding hydrogens is 320 g/mol. The first-order valence-corrected chi connectivity index (χ1v) is 8.01. The van der Waals surface area contributed by atoms with E-state index in [1.807, 2.05) is 31.2 Å². The Labute approximate surface area is 144 Å². The SMILES string of the molecule is Cc1cccc(N(C)C(=O)[C@@H](C)n2nc(C)c3c(C)onc3c2=O)c1. The van der Waals surface area contributed by atoms with Crippen molar-refractivity contribution in [3.05, 3.63) is 51.6 Å². The minimum atomic E-state index is -0.766. The van der Waals surface area contributed by atoms with Gasteiger partial charge < -0.3 is 9.42 Å². The molecule has 0 aliphatic heterocycles. The van der Waals surface area contributed by atoms with Gasteiger partial charge in [0.2, 0.25) is 0 Å². The van der Waals surface area contributed by atoms with E-state index in [0.717, 1.165) is 11.3 Å². The van der Waals surface area contributed by atoms with Crippen molar-refractivity contribution < 1.29 is 9.32 Å². The van der Waals surface area contributed by atoms with Crippen LogP contribution < -0.4 is 10.5 Å². The number of aromatic nitrogens is 3. The van der Waals surface area contributed by atoms with Gasteiger partial charge in [-0.05, 0) is 45.4 Å². The fourth-order valence-corrected chi connectivity index (χ4v) is 2.92. The molecule has 0 radical (unpaired) electrons. The lowest BCUT2D eigenvalue weighted by Crippen LogP contribution is -2.38. The van der Waals surface area contributed by atoms with Crippen LogP contribution in [0.2, 0.25) is 0 Å². The summed E-state index contributed by atoms with van der Waals surface area (Å²) in [6.45, 7) is 7.11. The maximum absolute atomic E-state index is 12.8. The van der Waals surface area contributed by atoms with Crippen LogP contribution >= 0.6 is 0 Å². The van der Waals surface area contributed by atoms with Gasteiger partial charge in [-0.15, -0.1) is 0 Å². The van der Waals surface area contributed by atoms with Crippen molar-refractivity contribution in [1.82, 2.24) is 14.9 Å². The van der Waals surface area contributed by atoms with Crippen LogP contribution in [0.1, 0.15) is 30.0 Å². The normalized spacial score (nSPS) is 12.4. The van der Waals surface area contributed by atoms with E-state index in [9.17, 15) is 9.59 Å². The number of likely N-dealkylation sites (N-methyl/N-ethyl adjacent to an activating group) is 1. The van der Waals surface area contributed by atoms with Gasteiger partial charge in [0.15, 0.2) is 5.52 Å². The minimum absolute atomic E-state index is 0.197. The standard InChI is InChI=1S/C18H20N4O3/c1-10-7-6-8-14(9-10)21(5)17(23)12(3)22-18(24)16-15(11(2)19-22)13(4)25-20-16/h6-9,12H,1-5H3/t12-/m1/s1. The molecule has 0 N–H and O–H groups in total. The zero-order chi connectivity index (χ0) is 18.3. The number of hydrogen-bond acceptors (Lipinski definition) is 5. The molecule has 0 spiro atoms. The Morgan fingerprint density at radius 3 is 2.68 bits per heavy atom. The summed E-state index contributed by atoms with van der Waals surface area (Å²) in [4.78, 5) is 27.0. The molecule has 3 aromatic rings. The Kier molecular flexibility index (Phi) is 4.16. The molecule has 2 heterocycles. The molecule has 130 valence electrons. The number of rotatable bonds is 3. The number of benzene rings is 1. The van der Waals surface area contributed by atoms with Crippen LogP contribution in [-0.2, 0) is 4.79 Å². The van der Waals surface area contributed by atoms with Gasteiger partial charge in [0.1, 0.15) is 11.8 Å². The van der Waals surface area contributed by atoms with E-state index in [1.165, 1.54) is 9.58 Å². The van der Waals surface area contributed by atoms with Crippen LogP contribution in [0, 0.1) is 20.8 Å². The van der Waals surface area contributed by atoms with Gasteiger partial charge in [0.05, 0.1) is 11.1 Å². The summed E-state index contributed by atoms with van der Waals surface area (Å²) < 4.78 is 6.28. The molecule has 7 heteroatoms. The smallest absolute Gasteiger partial charge is 0.297 e. The molecule has 1 aromatic carbocycles. The van der Waals surface area contributed by atoms with Crippen molar-refractivity contribution in [2.75, 3.05) is 11.9 Å². The molecule has 7 nitrogen and oxygen atoms in total. The number of aryl methyl sites for hydroxylation is 3. The topological polar surface area (TPSA) is 81.2 Å². The summed E-state index contributed by atoms with van der Waals surface area (Å²) in [5.74, 6) is 0.305. The van der Waals surface area contributed by atoms with Gasteiger partial charge in [-0.25, -0.2) is 4.68 Å². The van der Waals surface area contributed by atoms with Crippen LogP contribution in [-0.4, -0.2) is 27.9 Å². The van der Waals surface area contributed by atoms with Gasteiger partial charge in [-0.3, -0.25) is 9.59 Å². The molecule has 0 unspecified atom stereocenters. The van der Waals surface area contributed by atoms with E-state index in [1.54, 1.807) is 27.8 Å². The van der Waals surface area contributed by atoms with Gasteiger partial charge in [0.25, 0.3) is 11.5 Å². The number of carbonyl (C=O) groups excluding carboxylic acids is 1. The van der Waals surface area contributed by atoms with E-state index in [4.69, 9.17) is 4.52 Å². The Hall–Kier alpha value is -2.96. The number of fused-ring (bicyclic) bond motifs is 1. The lowest BCUT2D eigenvalue weighted by atomic mass is 10.2. The molecule has 0 saturated heterocycles. The lowest BCUT2D eigenvalue weighted by Gasteiger charge is -2.22. The Bertz CT molecular complexity index is 1020. The maximum Gasteiger partial charge on any atom is 0.297 e. The molecular formula is C18H20N4O3. The molecule has 3 rings (SSSR count). The predicted octanol–water partition coefficient (Wildman–Crippen LogP) is 2.53. The number of anilines is 1. The molecule has 0 aliphatic carbocycles. The van der Waals surface area contributed by atoms with Crippen LogP contribution in [0.25, 0.3) is 10.9 Å². The second kappa shape index (κ2) is 6.16. The largest absolute Gasteiger partial charge is 0.360 e. The van der Waals surface area contributed by atoms with Crippen LogP contribution in [0.3, 0.4) is 0 Å². The summed E-state index contributed by atoms with van der Waals surface area (Å²) in [6.07, 6.45) is 0. The lowest BCUT2D eigenvalue weighted by molar-refractivity contribution is -0.121. The molecule has 1 amide bonds. The average Bonchev–Trinajstić information content (AvgIpc) is 2.98. The Balaban J connectivity index is 2.02. The number of hydrogen-bond donors (Lipinski definition) is 0. The fraction of sp³-hybridized carbons (Fsp3) is 0.333. The monoisotopic (exact) mass is 340 g/mol. The third-order valence-corrected chi connectivity index (χ3v) is 4.34. The molecule has 1 atom stereocenters. The number of carbonyl (C=O) groups is 1. The van der Waals surface area contributed by atoms with Gasteiger partial charge in [0, 0.05) is 12.7 Å². The first-order chi connectivity index (χ1) is 11.8. The predicted molar refractivity (Wildman–Crippen MR) is 94.8 cm³/mol. The third-order valence-electron chi connectivity index (χ3n) is 4.34. The summed E-state index contributed by atoms with van der Waals surface area (Å²) in [5.41, 5.74) is 2.18. The van der Waals surface area contributed by atoms with Gasteiger partial charge in [-0.1, -0.05) is 17.3 Å². The van der Waals surface area contributed by atoms with E-state index >= 15 is 0 Å². The van der Waals surface area contributed by atoms with Crippen molar-refractivity contribution in [2.45, 2.75) is 33.7 Å². The average molecular weight is 340 g/mol. The van der Waals surface area contributed by atoms with E-state index in [2.05, 4.69) is 10.3 Å². The Morgan fingerprint density at radius 2 is 2.00 bits per heavy atom. The van der Waals surface area contributed by atoms with Crippen molar-refractivity contribution in [2.24, 2.45) is 0 Å². The van der Waals surface area contributed by atoms with Gasteiger partial charge in [-0.2, -0.15) is 5.10 Å². The van der Waals surface area contributed by atoms with Crippen molar-refractivity contribution >= 4 is 22.5 Å². The van der Waals surface area contributed by atoms with Crippen molar-refractivity contribution in [1.29, 1.82) is 0 Å². The number of amides is 1. The quantitative estimate of drug-likeness (QED) is 0.732. The second-order valence-corrected chi connectivity index (χ2v) is 6.21. The highest BCUT2D eigenvalue weighted by atomic mass is 16.5. The fourth-order valence-electron chi connectivity index (χ4n) is 2.92.